The van der Waals surface area contributed by atoms with Crippen LogP contribution < -0.4 is 10.2 Å². The van der Waals surface area contributed by atoms with Crippen LogP contribution >= 0.6 is 0 Å². The lowest BCUT2D eigenvalue weighted by Gasteiger charge is -2.16. The molecule has 1 aromatic heterocycles. The molecule has 6 nitrogen and oxygen atoms in total. The highest BCUT2D eigenvalue weighted by molar-refractivity contribution is 5.95. The van der Waals surface area contributed by atoms with E-state index in [1.807, 2.05) is 24.3 Å². The number of nitrogens with zero attached hydrogens (tertiary/aromatic N) is 3. The van der Waals surface area contributed by atoms with Gasteiger partial charge >= 0.3 is 0 Å². The van der Waals surface area contributed by atoms with Crippen molar-refractivity contribution in [3.63, 3.8) is 0 Å². The van der Waals surface area contributed by atoms with E-state index in [0.717, 1.165) is 24.2 Å². The Morgan fingerprint density at radius 2 is 2.00 bits per heavy atom. The molecule has 1 aliphatic rings. The van der Waals surface area contributed by atoms with Crippen molar-refractivity contribution in [1.29, 1.82) is 0 Å². The first kappa shape index (κ1) is 14.2. The van der Waals surface area contributed by atoms with Crippen LogP contribution in [-0.4, -0.2) is 28.6 Å². The number of carbonyl (C=O) groups excluding carboxylic acids is 2. The third-order valence-corrected chi connectivity index (χ3v) is 3.62. The van der Waals surface area contributed by atoms with E-state index in [2.05, 4.69) is 15.5 Å². The van der Waals surface area contributed by atoms with Crippen LogP contribution in [0.25, 0.3) is 0 Å². The standard InChI is InChI=1S/C16H16N4O2/c21-15-2-1-9-20(15)14-5-3-12(4-6-14)10-17-16(22)13-7-8-18-19-11-13/h3-8,11H,1-2,9-10H2,(H,17,22). The molecule has 1 saturated heterocycles. The van der Waals surface area contributed by atoms with Gasteiger partial charge in [-0.05, 0) is 30.2 Å². The summed E-state index contributed by atoms with van der Waals surface area (Å²) in [6.45, 7) is 1.21. The van der Waals surface area contributed by atoms with Gasteiger partial charge in [0.1, 0.15) is 0 Å². The van der Waals surface area contributed by atoms with Crippen molar-refractivity contribution in [3.05, 3.63) is 53.9 Å². The van der Waals surface area contributed by atoms with Crippen LogP contribution in [0.2, 0.25) is 0 Å². The van der Waals surface area contributed by atoms with Crippen molar-refractivity contribution < 1.29 is 9.59 Å². The minimum absolute atomic E-state index is 0.172. The van der Waals surface area contributed by atoms with Crippen molar-refractivity contribution in [2.24, 2.45) is 0 Å². The molecule has 2 heterocycles. The van der Waals surface area contributed by atoms with Crippen LogP contribution in [0, 0.1) is 0 Å². The molecule has 22 heavy (non-hydrogen) atoms. The first-order chi connectivity index (χ1) is 10.7. The fraction of sp³-hybridized carbons (Fsp3) is 0.250. The Balaban J connectivity index is 1.59. The average molecular weight is 296 g/mol. The van der Waals surface area contributed by atoms with Gasteiger partial charge in [0.05, 0.1) is 18.0 Å². The van der Waals surface area contributed by atoms with Gasteiger partial charge in [0.25, 0.3) is 5.91 Å². The Kier molecular flexibility index (Phi) is 4.09. The fourth-order valence-electron chi connectivity index (χ4n) is 2.42. The third-order valence-electron chi connectivity index (χ3n) is 3.62. The maximum atomic E-state index is 11.9. The van der Waals surface area contributed by atoms with Crippen LogP contribution in [0.5, 0.6) is 0 Å². The Morgan fingerprint density at radius 1 is 1.18 bits per heavy atom. The van der Waals surface area contributed by atoms with Gasteiger partial charge in [0.15, 0.2) is 0 Å². The van der Waals surface area contributed by atoms with Gasteiger partial charge in [-0.15, -0.1) is 0 Å². The highest BCUT2D eigenvalue weighted by Gasteiger charge is 2.21. The van der Waals surface area contributed by atoms with Crippen LogP contribution in [0.1, 0.15) is 28.8 Å². The molecular weight excluding hydrogens is 280 g/mol. The predicted molar refractivity (Wildman–Crippen MR) is 81.2 cm³/mol. The molecule has 2 amide bonds. The first-order valence-electron chi connectivity index (χ1n) is 7.18. The van der Waals surface area contributed by atoms with Crippen LogP contribution in [0.15, 0.2) is 42.7 Å². The van der Waals surface area contributed by atoms with Crippen molar-refractivity contribution >= 4 is 17.5 Å². The largest absolute Gasteiger partial charge is 0.348 e. The van der Waals surface area contributed by atoms with Gasteiger partial charge < -0.3 is 10.2 Å². The molecule has 112 valence electrons. The van der Waals surface area contributed by atoms with E-state index >= 15 is 0 Å². The summed E-state index contributed by atoms with van der Waals surface area (Å²) >= 11 is 0. The van der Waals surface area contributed by atoms with E-state index in [4.69, 9.17) is 0 Å². The van der Waals surface area contributed by atoms with E-state index in [-0.39, 0.29) is 11.8 Å². The molecule has 0 atom stereocenters. The van der Waals surface area contributed by atoms with E-state index in [9.17, 15) is 9.59 Å². The van der Waals surface area contributed by atoms with Crippen molar-refractivity contribution in [2.45, 2.75) is 19.4 Å². The summed E-state index contributed by atoms with van der Waals surface area (Å²) in [6.07, 6.45) is 4.45. The maximum absolute atomic E-state index is 11.9. The van der Waals surface area contributed by atoms with E-state index < -0.39 is 0 Å². The molecule has 0 bridgehead atoms. The normalized spacial score (nSPS) is 14.2. The van der Waals surface area contributed by atoms with Crippen molar-refractivity contribution in [1.82, 2.24) is 15.5 Å². The Bertz CT molecular complexity index is 670. The number of benzene rings is 1. The molecule has 2 aromatic rings. The molecule has 3 rings (SSSR count). The van der Waals surface area contributed by atoms with Crippen molar-refractivity contribution in [2.75, 3.05) is 11.4 Å². The molecule has 0 unspecified atom stereocenters. The SMILES string of the molecule is O=C(NCc1ccc(N2CCCC2=O)cc1)c1ccnnc1. The number of rotatable bonds is 4. The summed E-state index contributed by atoms with van der Waals surface area (Å²) < 4.78 is 0. The number of hydrogen-bond donors (Lipinski definition) is 1. The predicted octanol–water partition coefficient (Wildman–Crippen LogP) is 1.53. The molecule has 0 spiro atoms. The summed E-state index contributed by atoms with van der Waals surface area (Å²) in [6, 6.07) is 9.29. The third kappa shape index (κ3) is 3.11. The molecule has 0 saturated carbocycles. The van der Waals surface area contributed by atoms with E-state index in [1.165, 1.54) is 12.4 Å². The van der Waals surface area contributed by atoms with E-state index in [1.54, 1.807) is 11.0 Å². The lowest BCUT2D eigenvalue weighted by atomic mass is 10.2. The second kappa shape index (κ2) is 6.34. The monoisotopic (exact) mass is 296 g/mol. The maximum Gasteiger partial charge on any atom is 0.253 e. The number of carbonyl (C=O) groups is 2. The van der Waals surface area contributed by atoms with Crippen LogP contribution in [-0.2, 0) is 11.3 Å². The lowest BCUT2D eigenvalue weighted by molar-refractivity contribution is -0.117. The fourth-order valence-corrected chi connectivity index (χ4v) is 2.42. The first-order valence-corrected chi connectivity index (χ1v) is 7.18. The average Bonchev–Trinajstić information content (AvgIpc) is 3.00. The number of amides is 2. The summed E-state index contributed by atoms with van der Waals surface area (Å²) in [5.41, 5.74) is 2.37. The number of aromatic nitrogens is 2. The molecule has 0 aliphatic carbocycles. The summed E-state index contributed by atoms with van der Waals surface area (Å²) in [4.78, 5) is 25.4. The zero-order valence-corrected chi connectivity index (χ0v) is 12.0. The zero-order chi connectivity index (χ0) is 15.4. The summed E-state index contributed by atoms with van der Waals surface area (Å²) in [5, 5.41) is 10.1. The Labute approximate surface area is 128 Å². The quantitative estimate of drug-likeness (QED) is 0.928. The molecule has 0 radical (unpaired) electrons. The molecule has 1 aliphatic heterocycles. The van der Waals surface area contributed by atoms with Gasteiger partial charge in [-0.3, -0.25) is 9.59 Å². The highest BCUT2D eigenvalue weighted by Crippen LogP contribution is 2.21. The van der Waals surface area contributed by atoms with Crippen LogP contribution in [0.4, 0.5) is 5.69 Å². The van der Waals surface area contributed by atoms with Gasteiger partial charge in [0.2, 0.25) is 5.91 Å². The highest BCUT2D eigenvalue weighted by atomic mass is 16.2. The van der Waals surface area contributed by atoms with Gasteiger partial charge in [-0.25, -0.2) is 0 Å². The Morgan fingerprint density at radius 3 is 2.64 bits per heavy atom. The van der Waals surface area contributed by atoms with Crippen molar-refractivity contribution in [3.8, 4) is 0 Å². The molecular formula is C16H16N4O2. The summed E-state index contributed by atoms with van der Waals surface area (Å²) in [7, 11) is 0. The smallest absolute Gasteiger partial charge is 0.253 e. The number of anilines is 1. The molecule has 6 heteroatoms. The number of nitrogens with one attached hydrogen (secondary N) is 1. The molecule has 1 fully saturated rings. The second-order valence-corrected chi connectivity index (χ2v) is 5.13. The number of hydrogen-bond acceptors (Lipinski definition) is 4. The topological polar surface area (TPSA) is 75.2 Å². The minimum atomic E-state index is -0.186. The second-order valence-electron chi connectivity index (χ2n) is 5.13. The van der Waals surface area contributed by atoms with Gasteiger partial charge in [-0.2, -0.15) is 10.2 Å². The zero-order valence-electron chi connectivity index (χ0n) is 12.0. The lowest BCUT2D eigenvalue weighted by Crippen LogP contribution is -2.24. The Hall–Kier alpha value is -2.76. The molecule has 1 N–H and O–H groups in total. The van der Waals surface area contributed by atoms with Gasteiger partial charge in [0, 0.05) is 25.2 Å². The minimum Gasteiger partial charge on any atom is -0.348 e. The van der Waals surface area contributed by atoms with Gasteiger partial charge in [-0.1, -0.05) is 12.1 Å². The molecule has 1 aromatic carbocycles. The summed E-state index contributed by atoms with van der Waals surface area (Å²) in [5.74, 6) is -0.0139. The van der Waals surface area contributed by atoms with E-state index in [0.29, 0.717) is 18.5 Å². The van der Waals surface area contributed by atoms with Crippen LogP contribution in [0.3, 0.4) is 0 Å².